The van der Waals surface area contributed by atoms with Gasteiger partial charge in [-0.05, 0) is 30.3 Å². The van der Waals surface area contributed by atoms with Crippen molar-refractivity contribution in [3.05, 3.63) is 72.4 Å². The summed E-state index contributed by atoms with van der Waals surface area (Å²) < 4.78 is 7.52. The van der Waals surface area contributed by atoms with Gasteiger partial charge in [0.1, 0.15) is 12.4 Å². The minimum absolute atomic E-state index is 0.530. The van der Waals surface area contributed by atoms with Crippen molar-refractivity contribution in [1.29, 1.82) is 5.26 Å². The van der Waals surface area contributed by atoms with Crippen LogP contribution >= 0.6 is 0 Å². The number of benzene rings is 2. The highest BCUT2D eigenvalue weighted by Gasteiger charge is 2.02. The molecule has 0 N–H and O–H groups in total. The van der Waals surface area contributed by atoms with Gasteiger partial charge in [0.05, 0.1) is 23.9 Å². The molecule has 4 heteroatoms. The number of nitriles is 1. The SMILES string of the molecule is N#Cc1ccc(OCCn2ccc(-c3ccccc3)n2)cc1. The molecule has 0 aliphatic rings. The van der Waals surface area contributed by atoms with Crippen LogP contribution in [0.2, 0.25) is 0 Å². The lowest BCUT2D eigenvalue weighted by molar-refractivity contribution is 0.291. The molecule has 0 radical (unpaired) electrons. The maximum Gasteiger partial charge on any atom is 0.119 e. The second-order valence-corrected chi connectivity index (χ2v) is 4.81. The minimum Gasteiger partial charge on any atom is -0.492 e. The third-order valence-electron chi connectivity index (χ3n) is 3.28. The summed E-state index contributed by atoms with van der Waals surface area (Å²) in [6, 6.07) is 21.3. The molecule has 2 aromatic carbocycles. The fourth-order valence-electron chi connectivity index (χ4n) is 2.13. The molecule has 108 valence electrons. The molecule has 0 aliphatic carbocycles. The van der Waals surface area contributed by atoms with Crippen LogP contribution in [-0.2, 0) is 6.54 Å². The normalized spacial score (nSPS) is 10.1. The highest BCUT2D eigenvalue weighted by molar-refractivity contribution is 5.57. The van der Waals surface area contributed by atoms with Gasteiger partial charge in [0.25, 0.3) is 0 Å². The summed E-state index contributed by atoms with van der Waals surface area (Å²) in [7, 11) is 0. The largest absolute Gasteiger partial charge is 0.492 e. The average Bonchev–Trinajstić information content (AvgIpc) is 3.05. The molecule has 0 spiro atoms. The number of ether oxygens (including phenoxy) is 1. The van der Waals surface area contributed by atoms with Gasteiger partial charge in [-0.15, -0.1) is 0 Å². The Labute approximate surface area is 129 Å². The zero-order chi connectivity index (χ0) is 15.2. The molecule has 0 aliphatic heterocycles. The van der Waals surface area contributed by atoms with E-state index in [0.29, 0.717) is 18.7 Å². The lowest BCUT2D eigenvalue weighted by Crippen LogP contribution is -2.08. The fraction of sp³-hybridized carbons (Fsp3) is 0.111. The number of rotatable bonds is 5. The minimum atomic E-state index is 0.530. The number of aromatic nitrogens is 2. The van der Waals surface area contributed by atoms with Gasteiger partial charge in [0.2, 0.25) is 0 Å². The van der Waals surface area contributed by atoms with E-state index in [2.05, 4.69) is 11.2 Å². The van der Waals surface area contributed by atoms with Crippen LogP contribution in [0.3, 0.4) is 0 Å². The van der Waals surface area contributed by atoms with Crippen LogP contribution in [0.15, 0.2) is 66.9 Å². The van der Waals surface area contributed by atoms with E-state index < -0.39 is 0 Å². The monoisotopic (exact) mass is 289 g/mol. The van der Waals surface area contributed by atoms with Crippen molar-refractivity contribution in [2.45, 2.75) is 6.54 Å². The van der Waals surface area contributed by atoms with Crippen LogP contribution in [0, 0.1) is 11.3 Å². The zero-order valence-electron chi connectivity index (χ0n) is 12.0. The van der Waals surface area contributed by atoms with Crippen molar-refractivity contribution in [3.63, 3.8) is 0 Å². The van der Waals surface area contributed by atoms with Crippen molar-refractivity contribution in [2.75, 3.05) is 6.61 Å². The van der Waals surface area contributed by atoms with Crippen molar-refractivity contribution in [2.24, 2.45) is 0 Å². The summed E-state index contributed by atoms with van der Waals surface area (Å²) in [6.45, 7) is 1.20. The molecule has 22 heavy (non-hydrogen) atoms. The molecule has 0 saturated heterocycles. The highest BCUT2D eigenvalue weighted by atomic mass is 16.5. The Morgan fingerprint density at radius 3 is 2.50 bits per heavy atom. The quantitative estimate of drug-likeness (QED) is 0.722. The first-order valence-electron chi connectivity index (χ1n) is 7.07. The zero-order valence-corrected chi connectivity index (χ0v) is 12.0. The van der Waals surface area contributed by atoms with Crippen LogP contribution in [0.1, 0.15) is 5.56 Å². The number of hydrogen-bond donors (Lipinski definition) is 0. The summed E-state index contributed by atoms with van der Waals surface area (Å²) >= 11 is 0. The third-order valence-corrected chi connectivity index (χ3v) is 3.28. The third kappa shape index (κ3) is 3.33. The smallest absolute Gasteiger partial charge is 0.119 e. The van der Waals surface area contributed by atoms with Crippen molar-refractivity contribution in [1.82, 2.24) is 9.78 Å². The molecule has 3 rings (SSSR count). The molecule has 0 fully saturated rings. The second-order valence-electron chi connectivity index (χ2n) is 4.81. The fourth-order valence-corrected chi connectivity index (χ4v) is 2.13. The summed E-state index contributed by atoms with van der Waals surface area (Å²) in [5, 5.41) is 13.3. The molecular weight excluding hydrogens is 274 g/mol. The highest BCUT2D eigenvalue weighted by Crippen LogP contribution is 2.16. The van der Waals surface area contributed by atoms with E-state index in [-0.39, 0.29) is 0 Å². The lowest BCUT2D eigenvalue weighted by atomic mass is 10.2. The summed E-state index contributed by atoms with van der Waals surface area (Å²) in [6.07, 6.45) is 1.95. The first kappa shape index (κ1) is 13.9. The van der Waals surface area contributed by atoms with Gasteiger partial charge < -0.3 is 4.74 Å². The molecule has 0 atom stereocenters. The van der Waals surface area contributed by atoms with E-state index in [9.17, 15) is 0 Å². The van der Waals surface area contributed by atoms with Gasteiger partial charge in [-0.25, -0.2) is 0 Å². The summed E-state index contributed by atoms with van der Waals surface area (Å²) in [4.78, 5) is 0. The summed E-state index contributed by atoms with van der Waals surface area (Å²) in [5.41, 5.74) is 2.69. The molecule has 0 saturated carbocycles. The Morgan fingerprint density at radius 1 is 1.00 bits per heavy atom. The van der Waals surface area contributed by atoms with Gasteiger partial charge in [-0.1, -0.05) is 30.3 Å². The first-order chi connectivity index (χ1) is 10.8. The Hall–Kier alpha value is -3.06. The molecule has 4 nitrogen and oxygen atoms in total. The van der Waals surface area contributed by atoms with Gasteiger partial charge in [0.15, 0.2) is 0 Å². The van der Waals surface area contributed by atoms with Crippen LogP contribution in [0.4, 0.5) is 0 Å². The Kier molecular flexibility index (Phi) is 4.17. The molecule has 1 aromatic heterocycles. The van der Waals surface area contributed by atoms with Gasteiger partial charge >= 0.3 is 0 Å². The molecule has 1 heterocycles. The molecule has 3 aromatic rings. The van der Waals surface area contributed by atoms with Crippen molar-refractivity contribution in [3.8, 4) is 23.1 Å². The Morgan fingerprint density at radius 2 is 1.77 bits per heavy atom. The van der Waals surface area contributed by atoms with Gasteiger partial charge in [0, 0.05) is 11.8 Å². The average molecular weight is 289 g/mol. The van der Waals surface area contributed by atoms with E-state index in [1.54, 1.807) is 24.3 Å². The predicted molar refractivity (Wildman–Crippen MR) is 84.3 cm³/mol. The number of nitrogens with zero attached hydrogens (tertiary/aromatic N) is 3. The molecule has 0 bridgehead atoms. The standard InChI is InChI=1S/C18H15N3O/c19-14-15-6-8-17(9-7-15)22-13-12-21-11-10-18(20-21)16-4-2-1-3-5-16/h1-11H,12-13H2. The van der Waals surface area contributed by atoms with Gasteiger partial charge in [-0.2, -0.15) is 10.4 Å². The van der Waals surface area contributed by atoms with E-state index in [4.69, 9.17) is 10.00 Å². The molecular formula is C18H15N3O. The van der Waals surface area contributed by atoms with Crippen LogP contribution < -0.4 is 4.74 Å². The topological polar surface area (TPSA) is 50.8 Å². The predicted octanol–water partition coefficient (Wildman–Crippen LogP) is 3.50. The van der Waals surface area contributed by atoms with Gasteiger partial charge in [-0.3, -0.25) is 4.68 Å². The second kappa shape index (κ2) is 6.59. The van der Waals surface area contributed by atoms with E-state index in [1.807, 2.05) is 47.3 Å². The Balaban J connectivity index is 1.56. The van der Waals surface area contributed by atoms with Crippen molar-refractivity contribution >= 4 is 0 Å². The van der Waals surface area contributed by atoms with E-state index in [1.165, 1.54) is 0 Å². The summed E-state index contributed by atoms with van der Waals surface area (Å²) in [5.74, 6) is 0.759. The van der Waals surface area contributed by atoms with Crippen molar-refractivity contribution < 1.29 is 4.74 Å². The Bertz CT molecular complexity index is 770. The molecule has 0 unspecified atom stereocenters. The molecule has 0 amide bonds. The van der Waals surface area contributed by atoms with Crippen LogP contribution in [0.25, 0.3) is 11.3 Å². The maximum absolute atomic E-state index is 8.75. The van der Waals surface area contributed by atoms with Crippen LogP contribution in [0.5, 0.6) is 5.75 Å². The number of hydrogen-bond acceptors (Lipinski definition) is 3. The van der Waals surface area contributed by atoms with E-state index >= 15 is 0 Å². The first-order valence-corrected chi connectivity index (χ1v) is 7.07. The van der Waals surface area contributed by atoms with E-state index in [0.717, 1.165) is 17.0 Å². The maximum atomic E-state index is 8.75. The lowest BCUT2D eigenvalue weighted by Gasteiger charge is -2.06. The van der Waals surface area contributed by atoms with Crippen LogP contribution in [-0.4, -0.2) is 16.4 Å².